The van der Waals surface area contributed by atoms with E-state index in [0.29, 0.717) is 11.3 Å². The third-order valence-corrected chi connectivity index (χ3v) is 4.55. The predicted octanol–water partition coefficient (Wildman–Crippen LogP) is 5.69. The molecule has 2 aromatic carbocycles. The van der Waals surface area contributed by atoms with Crippen molar-refractivity contribution in [2.45, 2.75) is 13.1 Å². The zero-order valence-electron chi connectivity index (χ0n) is 16.8. The number of aromatic nitrogens is 1. The maximum Gasteiger partial charge on any atom is 0.417 e. The molecule has 168 valence electrons. The van der Waals surface area contributed by atoms with E-state index < -0.39 is 29.2 Å². The van der Waals surface area contributed by atoms with Crippen molar-refractivity contribution in [1.82, 2.24) is 10.3 Å². The quantitative estimate of drug-likeness (QED) is 0.505. The lowest BCUT2D eigenvalue weighted by atomic mass is 10.1. The molecule has 0 spiro atoms. The average molecular weight is 475 g/mol. The number of nitrogens with zero attached hydrogens (tertiary/aromatic N) is 2. The molecule has 3 amide bonds. The molecule has 3 aromatic rings. The highest BCUT2D eigenvalue weighted by molar-refractivity contribution is 6.31. The van der Waals surface area contributed by atoms with Crippen molar-refractivity contribution in [1.29, 1.82) is 5.26 Å². The highest BCUT2D eigenvalue weighted by Crippen LogP contribution is 2.32. The molecular formula is C22H14ClF3N4O3. The number of imide groups is 1. The summed E-state index contributed by atoms with van der Waals surface area (Å²) in [5.74, 6) is -0.764. The fourth-order valence-corrected chi connectivity index (χ4v) is 2.97. The summed E-state index contributed by atoms with van der Waals surface area (Å²) in [7, 11) is 0. The maximum absolute atomic E-state index is 13.1. The molecule has 0 aliphatic rings. The van der Waals surface area contributed by atoms with Crippen molar-refractivity contribution in [3.05, 3.63) is 82.0 Å². The fourth-order valence-electron chi connectivity index (χ4n) is 2.77. The lowest BCUT2D eigenvalue weighted by Crippen LogP contribution is -2.35. The van der Waals surface area contributed by atoms with Gasteiger partial charge in [0, 0.05) is 11.9 Å². The van der Waals surface area contributed by atoms with Crippen molar-refractivity contribution in [3.63, 3.8) is 0 Å². The molecule has 0 unspecified atom stereocenters. The molecule has 0 saturated heterocycles. The van der Waals surface area contributed by atoms with Gasteiger partial charge in [-0.1, -0.05) is 23.7 Å². The molecule has 3 rings (SSSR count). The molecule has 11 heteroatoms. The van der Waals surface area contributed by atoms with Gasteiger partial charge in [-0.05, 0) is 48.9 Å². The van der Waals surface area contributed by atoms with Gasteiger partial charge in [0.05, 0.1) is 16.7 Å². The lowest BCUT2D eigenvalue weighted by molar-refractivity contribution is -0.137. The van der Waals surface area contributed by atoms with Crippen LogP contribution in [0.4, 0.5) is 23.7 Å². The zero-order valence-corrected chi connectivity index (χ0v) is 17.6. The second-order valence-corrected chi connectivity index (χ2v) is 7.06. The SMILES string of the molecule is Cc1cc(NC(=O)NC(=O)c2ccccc2C(F)(F)F)ccc1Oc1ncc(C#N)cc1Cl. The molecule has 0 aliphatic heterocycles. The number of carbonyl (C=O) groups excluding carboxylic acids is 2. The predicted molar refractivity (Wildman–Crippen MR) is 113 cm³/mol. The number of ether oxygens (including phenoxy) is 1. The van der Waals surface area contributed by atoms with Gasteiger partial charge in [-0.2, -0.15) is 18.4 Å². The first-order valence-electron chi connectivity index (χ1n) is 9.21. The number of hydrogen-bond donors (Lipinski definition) is 2. The van der Waals surface area contributed by atoms with Crippen molar-refractivity contribution in [3.8, 4) is 17.7 Å². The molecule has 0 radical (unpaired) electrons. The first-order chi connectivity index (χ1) is 15.6. The molecule has 2 N–H and O–H groups in total. The summed E-state index contributed by atoms with van der Waals surface area (Å²) in [5.41, 5.74) is -0.742. The van der Waals surface area contributed by atoms with Crippen LogP contribution in [-0.4, -0.2) is 16.9 Å². The summed E-state index contributed by atoms with van der Waals surface area (Å²) in [6, 6.07) is 10.9. The van der Waals surface area contributed by atoms with Gasteiger partial charge in [0.2, 0.25) is 5.88 Å². The number of benzene rings is 2. The number of rotatable bonds is 4. The smallest absolute Gasteiger partial charge is 0.417 e. The van der Waals surface area contributed by atoms with Crippen LogP contribution in [0.5, 0.6) is 11.6 Å². The molecular weight excluding hydrogens is 461 g/mol. The topological polar surface area (TPSA) is 104 Å². The van der Waals surface area contributed by atoms with Crippen LogP contribution in [0, 0.1) is 18.3 Å². The number of urea groups is 1. The number of alkyl halides is 3. The van der Waals surface area contributed by atoms with E-state index >= 15 is 0 Å². The summed E-state index contributed by atoms with van der Waals surface area (Å²) in [4.78, 5) is 28.3. The first kappa shape index (κ1) is 23.6. The molecule has 0 atom stereocenters. The van der Waals surface area contributed by atoms with E-state index in [1.54, 1.807) is 6.92 Å². The summed E-state index contributed by atoms with van der Waals surface area (Å²) >= 11 is 6.04. The van der Waals surface area contributed by atoms with Crippen LogP contribution in [0.3, 0.4) is 0 Å². The highest BCUT2D eigenvalue weighted by Gasteiger charge is 2.35. The van der Waals surface area contributed by atoms with E-state index in [4.69, 9.17) is 21.6 Å². The number of halogens is 4. The van der Waals surface area contributed by atoms with E-state index in [1.165, 1.54) is 36.5 Å². The molecule has 0 fully saturated rings. The second-order valence-electron chi connectivity index (χ2n) is 6.66. The minimum absolute atomic E-state index is 0.0751. The van der Waals surface area contributed by atoms with Crippen molar-refractivity contribution in [2.75, 3.05) is 5.32 Å². The number of hydrogen-bond acceptors (Lipinski definition) is 5. The Bertz CT molecular complexity index is 1270. The van der Waals surface area contributed by atoms with Gasteiger partial charge in [-0.15, -0.1) is 0 Å². The van der Waals surface area contributed by atoms with Crippen LogP contribution in [0.2, 0.25) is 5.02 Å². The second kappa shape index (κ2) is 9.58. The van der Waals surface area contributed by atoms with Gasteiger partial charge < -0.3 is 10.1 Å². The Morgan fingerprint density at radius 2 is 1.88 bits per heavy atom. The van der Waals surface area contributed by atoms with Crippen molar-refractivity contribution in [2.24, 2.45) is 0 Å². The van der Waals surface area contributed by atoms with E-state index in [0.717, 1.165) is 18.2 Å². The number of nitriles is 1. The summed E-state index contributed by atoms with van der Waals surface area (Å²) in [6.45, 7) is 1.67. The standard InChI is InChI=1S/C22H14ClF3N4O3/c1-12-8-14(6-7-18(12)33-20-17(23)9-13(10-27)11-28-20)29-21(32)30-19(31)15-4-2-3-5-16(15)22(24,25)26/h2-9,11H,1H3,(H2,29,30,31,32). The van der Waals surface area contributed by atoms with Gasteiger partial charge in [-0.3, -0.25) is 10.1 Å². The number of aryl methyl sites for hydroxylation is 1. The molecule has 0 bridgehead atoms. The van der Waals surface area contributed by atoms with Gasteiger partial charge in [-0.25, -0.2) is 9.78 Å². The van der Waals surface area contributed by atoms with Crippen LogP contribution in [-0.2, 0) is 6.18 Å². The molecule has 1 heterocycles. The van der Waals surface area contributed by atoms with Gasteiger partial charge in [0.25, 0.3) is 5.91 Å². The minimum Gasteiger partial charge on any atom is -0.437 e. The monoisotopic (exact) mass is 474 g/mol. The zero-order chi connectivity index (χ0) is 24.2. The summed E-state index contributed by atoms with van der Waals surface area (Å²) in [6.07, 6.45) is -3.45. The summed E-state index contributed by atoms with van der Waals surface area (Å²) < 4.78 is 44.9. The van der Waals surface area contributed by atoms with Crippen LogP contribution < -0.4 is 15.4 Å². The Morgan fingerprint density at radius 1 is 1.15 bits per heavy atom. The third-order valence-electron chi connectivity index (χ3n) is 4.28. The molecule has 1 aromatic heterocycles. The Morgan fingerprint density at radius 3 is 2.52 bits per heavy atom. The normalized spacial score (nSPS) is 10.8. The average Bonchev–Trinajstić information content (AvgIpc) is 2.76. The van der Waals surface area contributed by atoms with Crippen LogP contribution >= 0.6 is 11.6 Å². The van der Waals surface area contributed by atoms with Gasteiger partial charge in [0.1, 0.15) is 16.8 Å². The Labute approximate surface area is 190 Å². The van der Waals surface area contributed by atoms with Crippen LogP contribution in [0.25, 0.3) is 0 Å². The van der Waals surface area contributed by atoms with Gasteiger partial charge in [0.15, 0.2) is 0 Å². The Kier molecular flexibility index (Phi) is 6.84. The van der Waals surface area contributed by atoms with Crippen LogP contribution in [0.15, 0.2) is 54.7 Å². The van der Waals surface area contributed by atoms with Crippen LogP contribution in [0.1, 0.15) is 27.0 Å². The number of nitrogens with one attached hydrogen (secondary N) is 2. The van der Waals surface area contributed by atoms with Crippen molar-refractivity contribution >= 4 is 29.2 Å². The highest BCUT2D eigenvalue weighted by atomic mass is 35.5. The number of carbonyl (C=O) groups is 2. The van der Waals surface area contributed by atoms with E-state index in [9.17, 15) is 22.8 Å². The van der Waals surface area contributed by atoms with Crippen molar-refractivity contribution < 1.29 is 27.5 Å². The van der Waals surface area contributed by atoms with E-state index in [-0.39, 0.29) is 22.2 Å². The first-order valence-corrected chi connectivity index (χ1v) is 9.59. The number of anilines is 1. The Balaban J connectivity index is 1.69. The van der Waals surface area contributed by atoms with E-state index in [2.05, 4.69) is 10.3 Å². The largest absolute Gasteiger partial charge is 0.437 e. The number of pyridine rings is 1. The fraction of sp³-hybridized carbons (Fsp3) is 0.0909. The molecule has 33 heavy (non-hydrogen) atoms. The van der Waals surface area contributed by atoms with Gasteiger partial charge >= 0.3 is 12.2 Å². The summed E-state index contributed by atoms with van der Waals surface area (Å²) in [5, 5.41) is 13.2. The maximum atomic E-state index is 13.1. The molecule has 0 aliphatic carbocycles. The molecule has 7 nitrogen and oxygen atoms in total. The number of amides is 3. The lowest BCUT2D eigenvalue weighted by Gasteiger charge is -2.13. The molecule has 0 saturated carbocycles. The van der Waals surface area contributed by atoms with E-state index in [1.807, 2.05) is 11.4 Å². The third kappa shape index (κ3) is 5.78. The Hall–Kier alpha value is -4.10. The minimum atomic E-state index is -4.75.